The smallest absolute Gasteiger partial charge is 0.287 e. The highest BCUT2D eigenvalue weighted by Gasteiger charge is 2.14. The van der Waals surface area contributed by atoms with Gasteiger partial charge in [0.25, 0.3) is 5.91 Å². The van der Waals surface area contributed by atoms with Gasteiger partial charge in [-0.05, 0) is 50.6 Å². The van der Waals surface area contributed by atoms with E-state index in [1.165, 1.54) is 0 Å². The van der Waals surface area contributed by atoms with Crippen molar-refractivity contribution in [2.45, 2.75) is 26.7 Å². The number of aromatic amines is 1. The molecule has 9 nitrogen and oxygen atoms in total. The zero-order chi connectivity index (χ0) is 20.1. The first-order valence-electron chi connectivity index (χ1n) is 8.68. The van der Waals surface area contributed by atoms with E-state index in [1.54, 1.807) is 20.1 Å². The molecule has 2 amide bonds. The van der Waals surface area contributed by atoms with Crippen LogP contribution in [0.4, 0.5) is 0 Å². The fraction of sp³-hybridized carbons (Fsp3) is 0.263. The van der Waals surface area contributed by atoms with Gasteiger partial charge in [0.05, 0.1) is 18.5 Å². The number of aryl methyl sites for hydroxylation is 2. The standard InChI is InChI=1S/C19H21N5O4/c1-11-15(12(2)28-24-11)8-9-18(25)22-23-19(26)17-10-16(20-21-17)13-4-6-14(27-3)7-5-13/h4-7,10H,8-9H2,1-3H3,(H,20,21)(H,22,25)(H,23,26). The van der Waals surface area contributed by atoms with Crippen molar-refractivity contribution in [1.82, 2.24) is 26.2 Å². The van der Waals surface area contributed by atoms with Crippen LogP contribution >= 0.6 is 0 Å². The number of carbonyl (C=O) groups excluding carboxylic acids is 2. The van der Waals surface area contributed by atoms with Crippen LogP contribution in [-0.4, -0.2) is 34.3 Å². The molecular formula is C19H21N5O4. The molecular weight excluding hydrogens is 362 g/mol. The fourth-order valence-corrected chi connectivity index (χ4v) is 2.70. The van der Waals surface area contributed by atoms with Crippen LogP contribution in [0.25, 0.3) is 11.3 Å². The Morgan fingerprint density at radius 2 is 1.93 bits per heavy atom. The van der Waals surface area contributed by atoms with Crippen LogP contribution in [0.2, 0.25) is 0 Å². The van der Waals surface area contributed by atoms with Crippen molar-refractivity contribution in [1.29, 1.82) is 0 Å². The Kier molecular flexibility index (Phi) is 5.73. The number of aromatic nitrogens is 3. The van der Waals surface area contributed by atoms with Crippen LogP contribution in [-0.2, 0) is 11.2 Å². The Labute approximate surface area is 161 Å². The van der Waals surface area contributed by atoms with E-state index >= 15 is 0 Å². The van der Waals surface area contributed by atoms with Crippen molar-refractivity contribution in [3.63, 3.8) is 0 Å². The number of hydrogen-bond acceptors (Lipinski definition) is 6. The zero-order valence-electron chi connectivity index (χ0n) is 15.8. The van der Waals surface area contributed by atoms with Crippen molar-refractivity contribution >= 4 is 11.8 Å². The molecule has 0 radical (unpaired) electrons. The minimum absolute atomic E-state index is 0.198. The minimum atomic E-state index is -0.488. The summed E-state index contributed by atoms with van der Waals surface area (Å²) < 4.78 is 10.2. The first-order chi connectivity index (χ1) is 13.5. The van der Waals surface area contributed by atoms with Crippen LogP contribution in [0.3, 0.4) is 0 Å². The Morgan fingerprint density at radius 3 is 2.57 bits per heavy atom. The molecule has 0 saturated carbocycles. The first kappa shape index (κ1) is 19.2. The summed E-state index contributed by atoms with van der Waals surface area (Å²) in [6, 6.07) is 8.90. The van der Waals surface area contributed by atoms with Gasteiger partial charge in [-0.1, -0.05) is 5.16 Å². The number of carbonyl (C=O) groups is 2. The van der Waals surface area contributed by atoms with Crippen LogP contribution in [0.15, 0.2) is 34.9 Å². The summed E-state index contributed by atoms with van der Waals surface area (Å²) in [6.07, 6.45) is 0.678. The zero-order valence-corrected chi connectivity index (χ0v) is 15.8. The Bertz CT molecular complexity index is 955. The van der Waals surface area contributed by atoms with E-state index in [2.05, 4.69) is 26.2 Å². The number of rotatable bonds is 6. The number of hydrazine groups is 1. The molecule has 0 saturated heterocycles. The first-order valence-corrected chi connectivity index (χ1v) is 8.68. The van der Waals surface area contributed by atoms with E-state index in [-0.39, 0.29) is 18.0 Å². The average molecular weight is 383 g/mol. The lowest BCUT2D eigenvalue weighted by molar-refractivity contribution is -0.121. The Balaban J connectivity index is 1.52. The molecule has 0 aliphatic carbocycles. The van der Waals surface area contributed by atoms with Gasteiger partial charge < -0.3 is 9.26 Å². The van der Waals surface area contributed by atoms with Gasteiger partial charge in [-0.25, -0.2) is 0 Å². The predicted molar refractivity (Wildman–Crippen MR) is 100 cm³/mol. The highest BCUT2D eigenvalue weighted by atomic mass is 16.5. The largest absolute Gasteiger partial charge is 0.497 e. The molecule has 28 heavy (non-hydrogen) atoms. The molecule has 0 atom stereocenters. The van der Waals surface area contributed by atoms with Crippen molar-refractivity contribution < 1.29 is 18.8 Å². The predicted octanol–water partition coefficient (Wildman–Crippen LogP) is 2.08. The molecule has 0 aliphatic rings. The molecule has 0 spiro atoms. The average Bonchev–Trinajstić information content (AvgIpc) is 3.32. The molecule has 1 aromatic carbocycles. The van der Waals surface area contributed by atoms with Crippen molar-refractivity contribution in [3.05, 3.63) is 53.0 Å². The van der Waals surface area contributed by atoms with E-state index in [9.17, 15) is 9.59 Å². The SMILES string of the molecule is COc1ccc(-c2cc(C(=O)NNC(=O)CCc3c(C)noc3C)[nH]n2)cc1. The quantitative estimate of drug-likeness (QED) is 0.560. The summed E-state index contributed by atoms with van der Waals surface area (Å²) in [5.74, 6) is 0.621. The molecule has 2 heterocycles. The second-order valence-electron chi connectivity index (χ2n) is 6.20. The summed E-state index contributed by atoms with van der Waals surface area (Å²) >= 11 is 0. The van der Waals surface area contributed by atoms with Crippen LogP contribution in [0.5, 0.6) is 5.75 Å². The molecule has 146 valence electrons. The number of hydrogen-bond donors (Lipinski definition) is 3. The maximum absolute atomic E-state index is 12.2. The minimum Gasteiger partial charge on any atom is -0.497 e. The molecule has 0 aliphatic heterocycles. The number of H-pyrrole nitrogens is 1. The molecule has 0 bridgehead atoms. The second-order valence-corrected chi connectivity index (χ2v) is 6.20. The summed E-state index contributed by atoms with van der Waals surface area (Å²) in [4.78, 5) is 24.2. The molecule has 3 N–H and O–H groups in total. The molecule has 0 unspecified atom stereocenters. The van der Waals surface area contributed by atoms with Gasteiger partial charge in [-0.3, -0.25) is 25.5 Å². The van der Waals surface area contributed by atoms with E-state index in [0.29, 0.717) is 17.9 Å². The van der Waals surface area contributed by atoms with Crippen LogP contribution in [0.1, 0.15) is 33.9 Å². The van der Waals surface area contributed by atoms with Gasteiger partial charge in [0.15, 0.2) is 0 Å². The number of nitrogens with one attached hydrogen (secondary N) is 3. The Hall–Kier alpha value is -3.62. The highest BCUT2D eigenvalue weighted by molar-refractivity contribution is 5.94. The third-order valence-corrected chi connectivity index (χ3v) is 4.31. The molecule has 0 fully saturated rings. The lowest BCUT2D eigenvalue weighted by atomic mass is 10.1. The van der Waals surface area contributed by atoms with Gasteiger partial charge in [0, 0.05) is 17.5 Å². The number of benzene rings is 1. The topological polar surface area (TPSA) is 122 Å². The number of amides is 2. The highest BCUT2D eigenvalue weighted by Crippen LogP contribution is 2.21. The number of nitrogens with zero attached hydrogens (tertiary/aromatic N) is 2. The third kappa shape index (κ3) is 4.37. The van der Waals surface area contributed by atoms with Crippen LogP contribution < -0.4 is 15.6 Å². The Morgan fingerprint density at radius 1 is 1.18 bits per heavy atom. The second kappa shape index (κ2) is 8.38. The maximum atomic E-state index is 12.2. The lowest BCUT2D eigenvalue weighted by Gasteiger charge is -2.06. The van der Waals surface area contributed by atoms with E-state index in [0.717, 1.165) is 22.6 Å². The molecule has 3 rings (SSSR count). The molecule has 3 aromatic rings. The van der Waals surface area contributed by atoms with Crippen LogP contribution in [0, 0.1) is 13.8 Å². The van der Waals surface area contributed by atoms with E-state index in [4.69, 9.17) is 9.26 Å². The summed E-state index contributed by atoms with van der Waals surface area (Å²) in [5, 5.41) is 10.6. The molecule has 2 aromatic heterocycles. The van der Waals surface area contributed by atoms with Crippen molar-refractivity contribution in [2.24, 2.45) is 0 Å². The van der Waals surface area contributed by atoms with Gasteiger partial charge in [0.1, 0.15) is 17.2 Å². The lowest BCUT2D eigenvalue weighted by Crippen LogP contribution is -2.41. The van der Waals surface area contributed by atoms with Gasteiger partial charge in [0.2, 0.25) is 5.91 Å². The normalized spacial score (nSPS) is 10.5. The summed E-state index contributed by atoms with van der Waals surface area (Å²) in [6.45, 7) is 3.62. The number of ether oxygens (including phenoxy) is 1. The van der Waals surface area contributed by atoms with Gasteiger partial charge in [-0.15, -0.1) is 0 Å². The summed E-state index contributed by atoms with van der Waals surface area (Å²) in [5.41, 5.74) is 8.10. The third-order valence-electron chi connectivity index (χ3n) is 4.31. The van der Waals surface area contributed by atoms with Gasteiger partial charge in [-0.2, -0.15) is 5.10 Å². The van der Waals surface area contributed by atoms with Crippen molar-refractivity contribution in [3.8, 4) is 17.0 Å². The fourth-order valence-electron chi connectivity index (χ4n) is 2.70. The summed E-state index contributed by atoms with van der Waals surface area (Å²) in [7, 11) is 1.59. The van der Waals surface area contributed by atoms with Gasteiger partial charge >= 0.3 is 0 Å². The molecule has 9 heteroatoms. The monoisotopic (exact) mass is 383 g/mol. The van der Waals surface area contributed by atoms with E-state index in [1.807, 2.05) is 31.2 Å². The number of methoxy groups -OCH3 is 1. The maximum Gasteiger partial charge on any atom is 0.287 e. The van der Waals surface area contributed by atoms with E-state index < -0.39 is 5.91 Å². The van der Waals surface area contributed by atoms with Crippen molar-refractivity contribution in [2.75, 3.05) is 7.11 Å².